The van der Waals surface area contributed by atoms with Crippen molar-refractivity contribution in [2.75, 3.05) is 31.7 Å². The molecule has 2 aromatic carbocycles. The molecule has 5 rings (SSSR count). The van der Waals surface area contributed by atoms with Gasteiger partial charge in [-0.05, 0) is 60.7 Å². The molecular weight excluding hydrogens is 526 g/mol. The van der Waals surface area contributed by atoms with Gasteiger partial charge in [0.15, 0.2) is 0 Å². The van der Waals surface area contributed by atoms with Gasteiger partial charge >= 0.3 is 0 Å². The van der Waals surface area contributed by atoms with E-state index in [1.165, 1.54) is 0 Å². The topological polar surface area (TPSA) is 80.6 Å². The highest BCUT2D eigenvalue weighted by Crippen LogP contribution is 2.31. The van der Waals surface area contributed by atoms with E-state index in [-0.39, 0.29) is 18.4 Å². The number of rotatable bonds is 6. The lowest BCUT2D eigenvalue weighted by atomic mass is 10.0. The summed E-state index contributed by atoms with van der Waals surface area (Å²) < 4.78 is 7.04. The lowest BCUT2D eigenvalue weighted by Gasteiger charge is -2.30. The first-order valence-corrected chi connectivity index (χ1v) is 14.8. The smallest absolute Gasteiger partial charge is 0.272 e. The number of methoxy groups -OCH3 is 1. The fourth-order valence-electron chi connectivity index (χ4n) is 5.57. The Balaban J connectivity index is 1.57. The molecule has 2 aromatic heterocycles. The Morgan fingerprint density at radius 1 is 0.857 bits per heavy atom. The van der Waals surface area contributed by atoms with E-state index in [2.05, 4.69) is 11.1 Å². The van der Waals surface area contributed by atoms with Gasteiger partial charge < -0.3 is 14.5 Å². The zero-order chi connectivity index (χ0) is 29.3. The molecule has 0 saturated carbocycles. The van der Waals surface area contributed by atoms with Crippen molar-refractivity contribution in [2.45, 2.75) is 52.1 Å². The average Bonchev–Trinajstić information content (AvgIpc) is 3.46. The van der Waals surface area contributed by atoms with Crippen LogP contribution >= 0.6 is 0 Å². The Kier molecular flexibility index (Phi) is 9.77. The van der Waals surface area contributed by atoms with Gasteiger partial charge in [0, 0.05) is 56.9 Å². The Bertz CT molecular complexity index is 1490. The molecule has 0 spiro atoms. The van der Waals surface area contributed by atoms with Gasteiger partial charge in [-0.25, -0.2) is 0 Å². The van der Waals surface area contributed by atoms with Crippen LogP contribution in [0.4, 0.5) is 5.69 Å². The van der Waals surface area contributed by atoms with Crippen LogP contribution in [0, 0.1) is 0 Å². The van der Waals surface area contributed by atoms with E-state index < -0.39 is 0 Å². The maximum absolute atomic E-state index is 14.3. The first kappa shape index (κ1) is 29.2. The minimum atomic E-state index is -0.0839. The summed E-state index contributed by atoms with van der Waals surface area (Å²) in [6, 6.07) is 21.9. The quantitative estimate of drug-likeness (QED) is 0.277. The molecule has 0 unspecified atom stereocenters. The van der Waals surface area contributed by atoms with Crippen molar-refractivity contribution in [3.05, 3.63) is 90.4 Å². The third kappa shape index (κ3) is 6.77. The fourth-order valence-corrected chi connectivity index (χ4v) is 5.57. The van der Waals surface area contributed by atoms with Gasteiger partial charge in [0.2, 0.25) is 0 Å². The van der Waals surface area contributed by atoms with E-state index in [4.69, 9.17) is 9.84 Å². The second-order valence-corrected chi connectivity index (χ2v) is 10.7. The minimum absolute atomic E-state index is 0.00435. The van der Waals surface area contributed by atoms with Crippen LogP contribution < -0.4 is 4.90 Å². The van der Waals surface area contributed by atoms with Gasteiger partial charge in [0.25, 0.3) is 11.8 Å². The first-order valence-electron chi connectivity index (χ1n) is 14.8. The third-order valence-corrected chi connectivity index (χ3v) is 7.76. The molecule has 1 aliphatic rings. The molecule has 4 aromatic rings. The maximum Gasteiger partial charge on any atom is 0.272 e. The number of hydrogen-bond donors (Lipinski definition) is 0. The van der Waals surface area contributed by atoms with Gasteiger partial charge in [-0.2, -0.15) is 5.10 Å². The first-order chi connectivity index (χ1) is 20.6. The second kappa shape index (κ2) is 14.0. The highest BCUT2D eigenvalue weighted by Gasteiger charge is 2.26. The highest BCUT2D eigenvalue weighted by atomic mass is 16.5. The summed E-state index contributed by atoms with van der Waals surface area (Å²) in [6.45, 7) is 4.20. The summed E-state index contributed by atoms with van der Waals surface area (Å²) in [5.74, 6) is -0.143. The maximum atomic E-state index is 14.3. The molecule has 0 bridgehead atoms. The van der Waals surface area contributed by atoms with Crippen molar-refractivity contribution >= 4 is 17.5 Å². The molecule has 0 radical (unpaired) electrons. The molecule has 8 heteroatoms. The molecule has 0 atom stereocenters. The van der Waals surface area contributed by atoms with Crippen LogP contribution in [0.3, 0.4) is 0 Å². The number of carbonyl (C=O) groups is 2. The lowest BCUT2D eigenvalue weighted by molar-refractivity contribution is -0.122. The summed E-state index contributed by atoms with van der Waals surface area (Å²) in [5, 5.41) is 4.77. The standard InChI is InChI=1S/C34H39N5O3/c1-3-39-32(22-30(36-39)26-13-8-7-9-14-26)34(41)37-19-10-5-4-6-11-20-38(33(40)25-42-2)31-17-16-27(21-29(31)24-37)28-15-12-18-35-23-28/h7-9,12-18,21-23H,3-6,10-11,19-20,24-25H2,1-2H3. The van der Waals surface area contributed by atoms with Crippen LogP contribution in [-0.4, -0.2) is 58.3 Å². The number of pyridine rings is 1. The van der Waals surface area contributed by atoms with E-state index >= 15 is 0 Å². The number of nitrogens with zero attached hydrogens (tertiary/aromatic N) is 5. The van der Waals surface area contributed by atoms with Crippen molar-refractivity contribution in [3.8, 4) is 22.4 Å². The monoisotopic (exact) mass is 565 g/mol. The van der Waals surface area contributed by atoms with Crippen molar-refractivity contribution in [3.63, 3.8) is 0 Å². The summed E-state index contributed by atoms with van der Waals surface area (Å²) in [6.07, 6.45) is 8.53. The van der Waals surface area contributed by atoms with E-state index in [9.17, 15) is 9.59 Å². The SMILES string of the molecule is CCn1nc(-c2ccccc2)cc1C(=O)N1CCCCCCCN(C(=O)COC)c2ccc(-c3cccnc3)cc2C1. The zero-order valence-corrected chi connectivity index (χ0v) is 24.5. The van der Waals surface area contributed by atoms with Crippen molar-refractivity contribution in [2.24, 2.45) is 0 Å². The summed E-state index contributed by atoms with van der Waals surface area (Å²) >= 11 is 0. The van der Waals surface area contributed by atoms with E-state index in [1.54, 1.807) is 18.0 Å². The van der Waals surface area contributed by atoms with Gasteiger partial charge in [-0.3, -0.25) is 19.3 Å². The summed E-state index contributed by atoms with van der Waals surface area (Å²) in [7, 11) is 1.54. The van der Waals surface area contributed by atoms with E-state index in [1.807, 2.05) is 83.6 Å². The number of fused-ring (bicyclic) bond motifs is 1. The largest absolute Gasteiger partial charge is 0.375 e. The van der Waals surface area contributed by atoms with Crippen molar-refractivity contribution in [1.82, 2.24) is 19.7 Å². The zero-order valence-electron chi connectivity index (χ0n) is 24.5. The minimum Gasteiger partial charge on any atom is -0.375 e. The fraction of sp³-hybridized carbons (Fsp3) is 0.353. The Morgan fingerprint density at radius 2 is 1.62 bits per heavy atom. The number of benzene rings is 2. The molecule has 3 heterocycles. The van der Waals surface area contributed by atoms with E-state index in [0.717, 1.165) is 65.7 Å². The number of aromatic nitrogens is 3. The Hall–Kier alpha value is -4.30. The molecule has 1 aliphatic heterocycles. The highest BCUT2D eigenvalue weighted by molar-refractivity contribution is 5.96. The molecule has 0 aliphatic carbocycles. The number of ether oxygens (including phenoxy) is 1. The third-order valence-electron chi connectivity index (χ3n) is 7.76. The van der Waals surface area contributed by atoms with Crippen LogP contribution in [0.25, 0.3) is 22.4 Å². The van der Waals surface area contributed by atoms with Crippen molar-refractivity contribution in [1.29, 1.82) is 0 Å². The lowest BCUT2D eigenvalue weighted by Crippen LogP contribution is -2.37. The molecule has 42 heavy (non-hydrogen) atoms. The van der Waals surface area contributed by atoms with Gasteiger partial charge in [0.1, 0.15) is 12.3 Å². The van der Waals surface area contributed by atoms with E-state index in [0.29, 0.717) is 31.9 Å². The summed E-state index contributed by atoms with van der Waals surface area (Å²) in [4.78, 5) is 35.6. The normalized spacial score (nSPS) is 14.5. The second-order valence-electron chi connectivity index (χ2n) is 10.7. The number of aryl methyl sites for hydroxylation is 1. The Morgan fingerprint density at radius 3 is 2.36 bits per heavy atom. The number of anilines is 1. The number of carbonyl (C=O) groups excluding carboxylic acids is 2. The predicted molar refractivity (Wildman–Crippen MR) is 165 cm³/mol. The van der Waals surface area contributed by atoms with Crippen LogP contribution in [0.2, 0.25) is 0 Å². The van der Waals surface area contributed by atoms with Gasteiger partial charge in [-0.15, -0.1) is 0 Å². The van der Waals surface area contributed by atoms with Crippen LogP contribution in [-0.2, 0) is 22.6 Å². The molecule has 0 N–H and O–H groups in total. The summed E-state index contributed by atoms with van der Waals surface area (Å²) in [5.41, 5.74) is 6.04. The van der Waals surface area contributed by atoms with Crippen LogP contribution in [0.15, 0.2) is 79.1 Å². The average molecular weight is 566 g/mol. The predicted octanol–water partition coefficient (Wildman–Crippen LogP) is 6.22. The molecule has 218 valence electrons. The molecule has 0 fully saturated rings. The number of hydrogen-bond acceptors (Lipinski definition) is 5. The Labute approximate surface area is 247 Å². The van der Waals surface area contributed by atoms with Gasteiger partial charge in [0.05, 0.1) is 5.69 Å². The van der Waals surface area contributed by atoms with Crippen LogP contribution in [0.5, 0.6) is 0 Å². The van der Waals surface area contributed by atoms with Crippen LogP contribution in [0.1, 0.15) is 55.1 Å². The molecular formula is C34H39N5O3. The molecule has 0 saturated heterocycles. The van der Waals surface area contributed by atoms with Crippen molar-refractivity contribution < 1.29 is 14.3 Å². The molecule has 8 nitrogen and oxygen atoms in total. The van der Waals surface area contributed by atoms with Gasteiger partial charge in [-0.1, -0.05) is 61.7 Å². The molecule has 2 amide bonds. The number of amides is 2.